The number of phenolic OH excluding ortho intramolecular Hbond substituents is 1. The largest absolute Gasteiger partial charge is 0.508 e. The maximum absolute atomic E-state index is 9.90. The highest BCUT2D eigenvalue weighted by Crippen LogP contribution is 2.32. The van der Waals surface area contributed by atoms with Gasteiger partial charge in [-0.1, -0.05) is 38.1 Å². The molecule has 0 saturated carbocycles. The smallest absolute Gasteiger partial charge is 0.116 e. The van der Waals surface area contributed by atoms with Gasteiger partial charge in [-0.15, -0.1) is 0 Å². The van der Waals surface area contributed by atoms with Crippen molar-refractivity contribution in [2.45, 2.75) is 20.4 Å². The highest BCUT2D eigenvalue weighted by molar-refractivity contribution is 5.97. The number of phenols is 1. The summed E-state index contributed by atoms with van der Waals surface area (Å²) in [5.74, 6) is 0.846. The van der Waals surface area contributed by atoms with Crippen LogP contribution in [0.25, 0.3) is 21.9 Å². The van der Waals surface area contributed by atoms with Gasteiger partial charge in [-0.2, -0.15) is 5.10 Å². The minimum atomic E-state index is 0.287. The van der Waals surface area contributed by atoms with E-state index in [1.807, 2.05) is 35.3 Å². The Morgan fingerprint density at radius 1 is 1.20 bits per heavy atom. The summed E-state index contributed by atoms with van der Waals surface area (Å²) in [7, 11) is 0. The van der Waals surface area contributed by atoms with Crippen molar-refractivity contribution < 1.29 is 5.11 Å². The van der Waals surface area contributed by atoms with E-state index in [1.54, 1.807) is 12.1 Å². The van der Waals surface area contributed by atoms with E-state index in [-0.39, 0.29) is 5.75 Å². The number of hydrogen-bond acceptors (Lipinski definition) is 2. The summed E-state index contributed by atoms with van der Waals surface area (Å²) in [5, 5.41) is 16.5. The van der Waals surface area contributed by atoms with E-state index in [1.165, 1.54) is 0 Å². The quantitative estimate of drug-likeness (QED) is 0.776. The van der Waals surface area contributed by atoms with E-state index in [0.29, 0.717) is 5.92 Å². The average Bonchev–Trinajstić information content (AvgIpc) is 2.85. The fraction of sp³-hybridized carbons (Fsp3) is 0.235. The van der Waals surface area contributed by atoms with Crippen LogP contribution in [0.1, 0.15) is 13.8 Å². The molecule has 0 fully saturated rings. The van der Waals surface area contributed by atoms with E-state index in [0.717, 1.165) is 28.4 Å². The van der Waals surface area contributed by atoms with Gasteiger partial charge in [0.2, 0.25) is 0 Å². The number of aromatic nitrogens is 2. The maximum atomic E-state index is 9.90. The van der Waals surface area contributed by atoms with Crippen LogP contribution in [0.3, 0.4) is 0 Å². The van der Waals surface area contributed by atoms with Crippen LogP contribution in [-0.2, 0) is 6.54 Å². The van der Waals surface area contributed by atoms with E-state index < -0.39 is 0 Å². The molecule has 0 spiro atoms. The van der Waals surface area contributed by atoms with Crippen molar-refractivity contribution in [2.24, 2.45) is 5.92 Å². The lowest BCUT2D eigenvalue weighted by Gasteiger charge is -2.06. The van der Waals surface area contributed by atoms with Gasteiger partial charge in [-0.25, -0.2) is 0 Å². The SMILES string of the molecule is CC(C)Cn1cc(-c2cc(O)cc3ccccc23)cn1. The zero-order chi connectivity index (χ0) is 14.1. The third-order valence-corrected chi connectivity index (χ3v) is 3.34. The fourth-order valence-electron chi connectivity index (χ4n) is 2.51. The van der Waals surface area contributed by atoms with E-state index >= 15 is 0 Å². The van der Waals surface area contributed by atoms with Gasteiger partial charge in [-0.3, -0.25) is 4.68 Å². The molecule has 0 aliphatic rings. The number of fused-ring (bicyclic) bond motifs is 1. The molecule has 0 amide bonds. The molecule has 3 nitrogen and oxygen atoms in total. The Labute approximate surface area is 118 Å². The molecule has 0 aliphatic carbocycles. The molecule has 3 heteroatoms. The van der Waals surface area contributed by atoms with Crippen molar-refractivity contribution in [3.05, 3.63) is 48.8 Å². The van der Waals surface area contributed by atoms with Gasteiger partial charge in [-0.05, 0) is 34.4 Å². The molecule has 102 valence electrons. The zero-order valence-electron chi connectivity index (χ0n) is 11.7. The Balaban J connectivity index is 2.11. The first-order valence-electron chi connectivity index (χ1n) is 6.88. The molecule has 0 saturated heterocycles. The molecule has 1 aromatic heterocycles. The summed E-state index contributed by atoms with van der Waals surface area (Å²) < 4.78 is 1.96. The average molecular weight is 266 g/mol. The molecule has 0 aliphatic heterocycles. The van der Waals surface area contributed by atoms with Crippen molar-refractivity contribution in [3.63, 3.8) is 0 Å². The summed E-state index contributed by atoms with van der Waals surface area (Å²) in [6.45, 7) is 5.24. The second-order valence-electron chi connectivity index (χ2n) is 5.56. The molecule has 1 N–H and O–H groups in total. The van der Waals surface area contributed by atoms with Crippen LogP contribution < -0.4 is 0 Å². The van der Waals surface area contributed by atoms with E-state index in [9.17, 15) is 5.11 Å². The predicted molar refractivity (Wildman–Crippen MR) is 81.7 cm³/mol. The third kappa shape index (κ3) is 2.39. The second kappa shape index (κ2) is 5.00. The lowest BCUT2D eigenvalue weighted by molar-refractivity contribution is 0.476. The molecule has 3 rings (SSSR count). The van der Waals surface area contributed by atoms with Gasteiger partial charge < -0.3 is 5.11 Å². The highest BCUT2D eigenvalue weighted by atomic mass is 16.3. The zero-order valence-corrected chi connectivity index (χ0v) is 11.7. The van der Waals surface area contributed by atoms with Crippen molar-refractivity contribution in [2.75, 3.05) is 0 Å². The predicted octanol–water partition coefficient (Wildman–Crippen LogP) is 4.06. The Hall–Kier alpha value is -2.29. The minimum absolute atomic E-state index is 0.287. The van der Waals surface area contributed by atoms with Gasteiger partial charge >= 0.3 is 0 Å². The lowest BCUT2D eigenvalue weighted by Crippen LogP contribution is -2.03. The fourth-order valence-corrected chi connectivity index (χ4v) is 2.51. The van der Waals surface area contributed by atoms with E-state index in [2.05, 4.69) is 25.0 Å². The second-order valence-corrected chi connectivity index (χ2v) is 5.56. The van der Waals surface area contributed by atoms with Crippen molar-refractivity contribution >= 4 is 10.8 Å². The summed E-state index contributed by atoms with van der Waals surface area (Å²) in [5.41, 5.74) is 2.06. The van der Waals surface area contributed by atoms with Gasteiger partial charge in [0.15, 0.2) is 0 Å². The number of rotatable bonds is 3. The Bertz CT molecular complexity index is 744. The molecule has 0 bridgehead atoms. The topological polar surface area (TPSA) is 38.0 Å². The number of nitrogens with zero attached hydrogens (tertiary/aromatic N) is 2. The van der Waals surface area contributed by atoms with Crippen molar-refractivity contribution in [1.82, 2.24) is 9.78 Å². The summed E-state index contributed by atoms with van der Waals surface area (Å²) >= 11 is 0. The standard InChI is InChI=1S/C17H18N2O/c1-12(2)10-19-11-14(9-18-19)17-8-15(20)7-13-5-3-4-6-16(13)17/h3-9,11-12,20H,10H2,1-2H3. The lowest BCUT2D eigenvalue weighted by atomic mass is 10.00. The van der Waals surface area contributed by atoms with Gasteiger partial charge in [0.1, 0.15) is 5.75 Å². The number of aromatic hydroxyl groups is 1. The molecule has 2 aromatic carbocycles. The molecular formula is C17H18N2O. The van der Waals surface area contributed by atoms with Gasteiger partial charge in [0, 0.05) is 18.3 Å². The van der Waals surface area contributed by atoms with Crippen molar-refractivity contribution in [1.29, 1.82) is 0 Å². The molecular weight excluding hydrogens is 248 g/mol. The monoisotopic (exact) mass is 266 g/mol. The molecule has 20 heavy (non-hydrogen) atoms. The molecule has 3 aromatic rings. The first-order valence-corrected chi connectivity index (χ1v) is 6.88. The van der Waals surface area contributed by atoms with Crippen LogP contribution in [0.5, 0.6) is 5.75 Å². The Kier molecular flexibility index (Phi) is 3.18. The Morgan fingerprint density at radius 3 is 2.80 bits per heavy atom. The Morgan fingerprint density at radius 2 is 2.00 bits per heavy atom. The normalized spacial score (nSPS) is 11.3. The third-order valence-electron chi connectivity index (χ3n) is 3.34. The van der Waals surface area contributed by atoms with Gasteiger partial charge in [0.05, 0.1) is 6.20 Å². The molecule has 1 heterocycles. The summed E-state index contributed by atoms with van der Waals surface area (Å²) in [6, 6.07) is 11.7. The van der Waals surface area contributed by atoms with Crippen LogP contribution in [0.4, 0.5) is 0 Å². The summed E-state index contributed by atoms with van der Waals surface area (Å²) in [6.07, 6.45) is 3.91. The van der Waals surface area contributed by atoms with Crippen molar-refractivity contribution in [3.8, 4) is 16.9 Å². The number of benzene rings is 2. The van der Waals surface area contributed by atoms with E-state index in [4.69, 9.17) is 0 Å². The molecule has 0 atom stereocenters. The van der Waals surface area contributed by atoms with Crippen LogP contribution in [-0.4, -0.2) is 14.9 Å². The molecule has 0 unspecified atom stereocenters. The van der Waals surface area contributed by atoms with Crippen LogP contribution in [0.15, 0.2) is 48.8 Å². The number of hydrogen-bond donors (Lipinski definition) is 1. The van der Waals surface area contributed by atoms with Crippen LogP contribution in [0.2, 0.25) is 0 Å². The van der Waals surface area contributed by atoms with Crippen LogP contribution >= 0.6 is 0 Å². The minimum Gasteiger partial charge on any atom is -0.508 e. The van der Waals surface area contributed by atoms with Crippen LogP contribution in [0, 0.1) is 5.92 Å². The molecule has 0 radical (unpaired) electrons. The van der Waals surface area contributed by atoms with Gasteiger partial charge in [0.25, 0.3) is 0 Å². The maximum Gasteiger partial charge on any atom is 0.116 e. The summed E-state index contributed by atoms with van der Waals surface area (Å²) in [4.78, 5) is 0. The first-order chi connectivity index (χ1) is 9.63. The first kappa shape index (κ1) is 12.7. The highest BCUT2D eigenvalue weighted by Gasteiger charge is 2.08.